The highest BCUT2D eigenvalue weighted by atomic mass is 16.4. The highest BCUT2D eigenvalue weighted by molar-refractivity contribution is 5.91. The predicted octanol–water partition coefficient (Wildman–Crippen LogP) is 4.57. The molecule has 1 amide bonds. The Kier molecular flexibility index (Phi) is 3.65. The maximum absolute atomic E-state index is 11.9. The van der Waals surface area contributed by atoms with Gasteiger partial charge in [-0.2, -0.15) is 0 Å². The van der Waals surface area contributed by atoms with E-state index in [1.54, 1.807) is 24.3 Å². The lowest BCUT2D eigenvalue weighted by Gasteiger charge is -2.25. The lowest BCUT2D eigenvalue weighted by molar-refractivity contribution is 0.201. The zero-order valence-electron chi connectivity index (χ0n) is 13.6. The summed E-state index contributed by atoms with van der Waals surface area (Å²) < 4.78 is 0. The van der Waals surface area contributed by atoms with Gasteiger partial charge in [0.2, 0.25) is 0 Å². The van der Waals surface area contributed by atoms with Crippen molar-refractivity contribution in [3.63, 3.8) is 0 Å². The molecule has 4 heteroatoms. The van der Waals surface area contributed by atoms with Crippen LogP contribution in [0.15, 0.2) is 72.8 Å². The molecular weight excluding hydrogens is 312 g/mol. The number of rotatable bonds is 3. The number of amides is 1. The highest BCUT2D eigenvalue weighted by Gasteiger charge is 2.31. The predicted molar refractivity (Wildman–Crippen MR) is 99.9 cm³/mol. The van der Waals surface area contributed by atoms with Crippen LogP contribution >= 0.6 is 0 Å². The van der Waals surface area contributed by atoms with E-state index in [0.29, 0.717) is 17.9 Å². The maximum Gasteiger partial charge on any atom is 0.411 e. The monoisotopic (exact) mass is 330 g/mol. The molecule has 0 aromatic heterocycles. The van der Waals surface area contributed by atoms with Crippen LogP contribution in [-0.2, 0) is 0 Å². The Morgan fingerprint density at radius 3 is 1.96 bits per heavy atom. The van der Waals surface area contributed by atoms with E-state index in [4.69, 9.17) is 5.73 Å². The topological polar surface area (TPSA) is 66.6 Å². The molecule has 0 saturated carbocycles. The molecule has 0 atom stereocenters. The van der Waals surface area contributed by atoms with Crippen LogP contribution in [0.4, 0.5) is 16.2 Å². The molecule has 0 heterocycles. The summed E-state index contributed by atoms with van der Waals surface area (Å²) in [5.74, 6) is -0.0110. The van der Waals surface area contributed by atoms with Crippen LogP contribution in [0, 0.1) is 0 Å². The molecule has 124 valence electrons. The van der Waals surface area contributed by atoms with Crippen LogP contribution in [0.1, 0.15) is 17.0 Å². The number of anilines is 2. The zero-order chi connectivity index (χ0) is 17.4. The number of hydrogen-bond acceptors (Lipinski definition) is 2. The van der Waals surface area contributed by atoms with Gasteiger partial charge in [0.05, 0.1) is 11.4 Å². The second kappa shape index (κ2) is 5.98. The maximum atomic E-state index is 11.9. The van der Waals surface area contributed by atoms with Gasteiger partial charge < -0.3 is 10.8 Å². The van der Waals surface area contributed by atoms with Gasteiger partial charge in [0.15, 0.2) is 0 Å². The molecule has 0 fully saturated rings. The number of carboxylic acid groups (broad SMARTS) is 1. The number of para-hydroxylation sites is 2. The minimum Gasteiger partial charge on any atom is -0.465 e. The van der Waals surface area contributed by atoms with Gasteiger partial charge in [-0.05, 0) is 34.4 Å². The molecule has 25 heavy (non-hydrogen) atoms. The second-order valence-electron chi connectivity index (χ2n) is 6.18. The lowest BCUT2D eigenvalue weighted by Crippen LogP contribution is -2.34. The first-order valence-corrected chi connectivity index (χ1v) is 8.20. The summed E-state index contributed by atoms with van der Waals surface area (Å²) >= 11 is 0. The Morgan fingerprint density at radius 1 is 0.880 bits per heavy atom. The minimum atomic E-state index is -1.00. The van der Waals surface area contributed by atoms with E-state index in [9.17, 15) is 9.90 Å². The van der Waals surface area contributed by atoms with E-state index in [-0.39, 0.29) is 5.92 Å². The third kappa shape index (κ3) is 2.52. The Hall–Kier alpha value is -3.27. The van der Waals surface area contributed by atoms with E-state index in [1.165, 1.54) is 16.0 Å². The number of benzene rings is 3. The Labute approximate surface area is 146 Å². The third-order valence-corrected chi connectivity index (χ3v) is 4.79. The van der Waals surface area contributed by atoms with E-state index in [2.05, 4.69) is 24.3 Å². The van der Waals surface area contributed by atoms with Crippen molar-refractivity contribution in [2.24, 2.45) is 0 Å². The van der Waals surface area contributed by atoms with Crippen molar-refractivity contribution in [3.8, 4) is 11.1 Å². The van der Waals surface area contributed by atoms with E-state index in [1.807, 2.05) is 24.3 Å². The fraction of sp³-hybridized carbons (Fsp3) is 0.0952. The van der Waals surface area contributed by atoms with Crippen LogP contribution in [-0.4, -0.2) is 17.7 Å². The Morgan fingerprint density at radius 2 is 1.40 bits per heavy atom. The highest BCUT2D eigenvalue weighted by Crippen LogP contribution is 2.45. The summed E-state index contributed by atoms with van der Waals surface area (Å²) in [5, 5.41) is 9.78. The van der Waals surface area contributed by atoms with Gasteiger partial charge >= 0.3 is 6.09 Å². The van der Waals surface area contributed by atoms with Crippen molar-refractivity contribution in [1.82, 2.24) is 0 Å². The Bertz CT molecular complexity index is 906. The first-order chi connectivity index (χ1) is 12.2. The van der Waals surface area contributed by atoms with Gasteiger partial charge in [-0.25, -0.2) is 4.79 Å². The quantitative estimate of drug-likeness (QED) is 0.692. The van der Waals surface area contributed by atoms with E-state index in [0.717, 1.165) is 11.1 Å². The van der Waals surface area contributed by atoms with Crippen molar-refractivity contribution in [3.05, 3.63) is 83.9 Å². The zero-order valence-corrected chi connectivity index (χ0v) is 13.6. The lowest BCUT2D eigenvalue weighted by atomic mass is 9.96. The first-order valence-electron chi connectivity index (χ1n) is 8.20. The summed E-state index contributed by atoms with van der Waals surface area (Å²) in [4.78, 5) is 13.3. The molecular formula is C21H18N2O2. The number of hydrogen-bond donors (Lipinski definition) is 2. The summed E-state index contributed by atoms with van der Waals surface area (Å²) in [5.41, 5.74) is 11.7. The number of nitrogens with two attached hydrogens (primary N) is 1. The smallest absolute Gasteiger partial charge is 0.411 e. The fourth-order valence-electron chi connectivity index (χ4n) is 3.65. The van der Waals surface area contributed by atoms with Gasteiger partial charge in [-0.15, -0.1) is 0 Å². The molecule has 0 bridgehead atoms. The molecule has 3 aromatic rings. The van der Waals surface area contributed by atoms with Crippen molar-refractivity contribution in [2.45, 2.75) is 5.92 Å². The number of fused-ring (bicyclic) bond motifs is 3. The first kappa shape index (κ1) is 15.3. The minimum absolute atomic E-state index is 0.0110. The van der Waals surface area contributed by atoms with Gasteiger partial charge in [0.25, 0.3) is 0 Å². The van der Waals surface area contributed by atoms with Crippen LogP contribution < -0.4 is 10.6 Å². The van der Waals surface area contributed by atoms with Crippen LogP contribution in [0.25, 0.3) is 11.1 Å². The molecule has 0 aliphatic heterocycles. The summed E-state index contributed by atoms with van der Waals surface area (Å²) in [6, 6.07) is 23.5. The SMILES string of the molecule is Nc1ccccc1N(CC1c2ccccc2-c2ccccc21)C(=O)O. The molecule has 1 aliphatic carbocycles. The standard InChI is InChI=1S/C21H18N2O2/c22-19-11-5-6-12-20(19)23(21(24)25)13-18-16-9-3-1-7-14(16)15-8-2-4-10-17(15)18/h1-12,18H,13,22H2,(H,24,25). The van der Waals surface area contributed by atoms with E-state index < -0.39 is 6.09 Å². The summed E-state index contributed by atoms with van der Waals surface area (Å²) in [6.45, 7) is 0.331. The molecule has 4 rings (SSSR count). The largest absolute Gasteiger partial charge is 0.465 e. The molecule has 0 spiro atoms. The molecule has 0 unspecified atom stereocenters. The average Bonchev–Trinajstić information content (AvgIpc) is 2.94. The van der Waals surface area contributed by atoms with Gasteiger partial charge in [0.1, 0.15) is 0 Å². The van der Waals surface area contributed by atoms with Crippen LogP contribution in [0.5, 0.6) is 0 Å². The summed E-state index contributed by atoms with van der Waals surface area (Å²) in [6.07, 6.45) is -1.00. The number of carbonyl (C=O) groups is 1. The molecule has 3 aromatic carbocycles. The molecule has 1 aliphatic rings. The van der Waals surface area contributed by atoms with Gasteiger partial charge in [0, 0.05) is 12.5 Å². The van der Waals surface area contributed by atoms with Crippen molar-refractivity contribution in [2.75, 3.05) is 17.2 Å². The van der Waals surface area contributed by atoms with Gasteiger partial charge in [-0.1, -0.05) is 60.7 Å². The Balaban J connectivity index is 1.79. The third-order valence-electron chi connectivity index (χ3n) is 4.79. The molecule has 3 N–H and O–H groups in total. The van der Waals surface area contributed by atoms with E-state index >= 15 is 0 Å². The normalized spacial score (nSPS) is 12.5. The molecule has 0 radical (unpaired) electrons. The van der Waals surface area contributed by atoms with Crippen LogP contribution in [0.3, 0.4) is 0 Å². The summed E-state index contributed by atoms with van der Waals surface area (Å²) in [7, 11) is 0. The van der Waals surface area contributed by atoms with Crippen molar-refractivity contribution in [1.29, 1.82) is 0 Å². The molecule has 0 saturated heterocycles. The van der Waals surface area contributed by atoms with Crippen molar-refractivity contribution >= 4 is 17.5 Å². The van der Waals surface area contributed by atoms with Gasteiger partial charge in [-0.3, -0.25) is 4.90 Å². The fourth-order valence-corrected chi connectivity index (χ4v) is 3.65. The number of nitrogen functional groups attached to an aromatic ring is 1. The number of nitrogens with zero attached hydrogens (tertiary/aromatic N) is 1. The van der Waals surface area contributed by atoms with Crippen LogP contribution in [0.2, 0.25) is 0 Å². The average molecular weight is 330 g/mol. The van der Waals surface area contributed by atoms with Crippen molar-refractivity contribution < 1.29 is 9.90 Å². The molecule has 4 nitrogen and oxygen atoms in total. The second-order valence-corrected chi connectivity index (χ2v) is 6.18.